The highest BCUT2D eigenvalue weighted by Gasteiger charge is 2.55. The Morgan fingerprint density at radius 1 is 1.19 bits per heavy atom. The first-order chi connectivity index (χ1) is 14.6. The van der Waals surface area contributed by atoms with E-state index < -0.39 is 20.3 Å². The van der Waals surface area contributed by atoms with Crippen molar-refractivity contribution in [1.29, 1.82) is 0 Å². The Labute approximate surface area is 177 Å². The summed E-state index contributed by atoms with van der Waals surface area (Å²) >= 11 is 0. The Kier molecular flexibility index (Phi) is 5.75. The normalized spacial score (nSPS) is 26.6. The number of oxazole rings is 1. The van der Waals surface area contributed by atoms with Gasteiger partial charge in [0.05, 0.1) is 19.9 Å². The zero-order valence-electron chi connectivity index (χ0n) is 16.7. The van der Waals surface area contributed by atoms with Gasteiger partial charge in [0.1, 0.15) is 31.5 Å². The van der Waals surface area contributed by atoms with Crippen molar-refractivity contribution in [2.75, 3.05) is 33.4 Å². The van der Waals surface area contributed by atoms with Crippen LogP contribution in [0.1, 0.15) is 24.7 Å². The SMILES string of the molecule is COc1ccc(-c2cnc(C3CC[N+](CC4CO4)(OS(=O)(=O)C(F)(F)F)CC3)o2)cc1. The van der Waals surface area contributed by atoms with E-state index in [9.17, 15) is 21.6 Å². The van der Waals surface area contributed by atoms with Gasteiger partial charge < -0.3 is 13.9 Å². The predicted octanol–water partition coefficient (Wildman–Crippen LogP) is 3.22. The zero-order chi connectivity index (χ0) is 22.3. The van der Waals surface area contributed by atoms with Crippen molar-refractivity contribution in [3.05, 3.63) is 36.4 Å². The highest BCUT2D eigenvalue weighted by Crippen LogP contribution is 2.37. The number of hydroxylamine groups is 3. The topological polar surface area (TPSA) is 91.2 Å². The van der Waals surface area contributed by atoms with Gasteiger partial charge in [-0.1, -0.05) is 4.28 Å². The summed E-state index contributed by atoms with van der Waals surface area (Å²) < 4.78 is 82.1. The lowest BCUT2D eigenvalue weighted by Crippen LogP contribution is -2.56. The number of halogens is 3. The number of ether oxygens (including phenoxy) is 2. The summed E-state index contributed by atoms with van der Waals surface area (Å²) in [5.41, 5.74) is -4.67. The number of epoxide rings is 1. The van der Waals surface area contributed by atoms with Gasteiger partial charge in [-0.25, -0.2) is 4.98 Å². The van der Waals surface area contributed by atoms with Crippen LogP contribution in [0, 0.1) is 0 Å². The van der Waals surface area contributed by atoms with Gasteiger partial charge in [-0.2, -0.15) is 26.2 Å². The Morgan fingerprint density at radius 3 is 2.39 bits per heavy atom. The molecule has 170 valence electrons. The molecule has 12 heteroatoms. The number of hydrogen-bond acceptors (Lipinski definition) is 7. The van der Waals surface area contributed by atoms with Gasteiger partial charge in [0.2, 0.25) is 0 Å². The van der Waals surface area contributed by atoms with E-state index in [0.29, 0.717) is 36.8 Å². The molecule has 0 amide bonds. The Hall–Kier alpha value is -2.15. The van der Waals surface area contributed by atoms with Crippen LogP contribution in [0.3, 0.4) is 0 Å². The zero-order valence-corrected chi connectivity index (χ0v) is 17.5. The summed E-state index contributed by atoms with van der Waals surface area (Å²) in [5.74, 6) is 1.57. The molecule has 4 rings (SSSR count). The maximum Gasteiger partial charge on any atom is 0.528 e. The lowest BCUT2D eigenvalue weighted by atomic mass is 9.96. The fourth-order valence-corrected chi connectivity index (χ4v) is 4.44. The third kappa shape index (κ3) is 4.86. The van der Waals surface area contributed by atoms with E-state index in [1.54, 1.807) is 25.4 Å². The van der Waals surface area contributed by atoms with Crippen LogP contribution in [0.4, 0.5) is 13.2 Å². The quantitative estimate of drug-likeness (QED) is 0.354. The second-order valence-corrected chi connectivity index (χ2v) is 9.20. The van der Waals surface area contributed by atoms with Gasteiger partial charge in [-0.3, -0.25) is 0 Å². The molecule has 0 radical (unpaired) electrons. The van der Waals surface area contributed by atoms with Crippen molar-refractivity contribution < 1.29 is 44.4 Å². The summed E-state index contributed by atoms with van der Waals surface area (Å²) in [6.45, 7) is 0.564. The number of alkyl halides is 3. The number of methoxy groups -OCH3 is 1. The summed E-state index contributed by atoms with van der Waals surface area (Å²) in [6.07, 6.45) is 2.02. The van der Waals surface area contributed by atoms with E-state index >= 15 is 0 Å². The molecule has 2 aliphatic heterocycles. The summed E-state index contributed by atoms with van der Waals surface area (Å²) in [6, 6.07) is 7.25. The first-order valence-electron chi connectivity index (χ1n) is 9.71. The molecule has 1 aromatic heterocycles. The van der Waals surface area contributed by atoms with Crippen LogP contribution in [-0.2, 0) is 19.1 Å². The van der Waals surface area contributed by atoms with E-state index in [2.05, 4.69) is 4.98 Å². The number of nitrogens with zero attached hydrogens (tertiary/aromatic N) is 2. The number of rotatable bonds is 7. The maximum absolute atomic E-state index is 12.9. The van der Waals surface area contributed by atoms with E-state index in [1.165, 1.54) is 0 Å². The fraction of sp³-hybridized carbons (Fsp3) is 0.526. The molecule has 2 aliphatic rings. The van der Waals surface area contributed by atoms with Crippen molar-refractivity contribution in [2.45, 2.75) is 30.4 Å². The highest BCUT2D eigenvalue weighted by molar-refractivity contribution is 7.87. The molecule has 0 N–H and O–H groups in total. The first kappa shape index (κ1) is 22.1. The molecule has 0 spiro atoms. The highest BCUT2D eigenvalue weighted by atomic mass is 32.2. The lowest BCUT2D eigenvalue weighted by Gasteiger charge is -2.38. The molecule has 3 heterocycles. The third-order valence-electron chi connectivity index (χ3n) is 5.50. The Bertz CT molecular complexity index is 1010. The monoisotopic (exact) mass is 463 g/mol. The summed E-state index contributed by atoms with van der Waals surface area (Å²) in [5, 5.41) is 0. The molecule has 0 saturated carbocycles. The molecule has 2 aromatic rings. The van der Waals surface area contributed by atoms with Gasteiger partial charge >= 0.3 is 15.6 Å². The number of piperidine rings is 1. The fourth-order valence-electron chi connectivity index (χ4n) is 3.73. The molecule has 0 bridgehead atoms. The molecule has 1 unspecified atom stereocenters. The molecule has 1 aromatic carbocycles. The van der Waals surface area contributed by atoms with E-state index in [-0.39, 0.29) is 31.7 Å². The maximum atomic E-state index is 12.9. The smallest absolute Gasteiger partial charge is 0.497 e. The molecule has 31 heavy (non-hydrogen) atoms. The van der Waals surface area contributed by atoms with Gasteiger partial charge in [-0.15, -0.1) is 0 Å². The van der Waals surface area contributed by atoms with Gasteiger partial charge in [0.25, 0.3) is 0 Å². The molecule has 1 atom stereocenters. The van der Waals surface area contributed by atoms with Gasteiger partial charge in [0.15, 0.2) is 11.7 Å². The van der Waals surface area contributed by atoms with Gasteiger partial charge in [0, 0.05) is 24.3 Å². The molecule has 2 fully saturated rings. The third-order valence-corrected chi connectivity index (χ3v) is 6.58. The first-order valence-corrected chi connectivity index (χ1v) is 11.1. The summed E-state index contributed by atoms with van der Waals surface area (Å²) in [4.78, 5) is 4.33. The minimum atomic E-state index is -5.73. The molecule has 0 aliphatic carbocycles. The van der Waals surface area contributed by atoms with Crippen LogP contribution in [0.15, 0.2) is 34.9 Å². The number of benzene rings is 1. The van der Waals surface area contributed by atoms with Crippen molar-refractivity contribution >= 4 is 10.1 Å². The number of likely N-dealkylation sites (tertiary alicyclic amines) is 1. The summed E-state index contributed by atoms with van der Waals surface area (Å²) in [7, 11) is -4.15. The van der Waals surface area contributed by atoms with E-state index in [4.69, 9.17) is 18.2 Å². The Morgan fingerprint density at radius 2 is 1.84 bits per heavy atom. The van der Waals surface area contributed by atoms with E-state index in [0.717, 1.165) is 5.56 Å². The molecular formula is C19H22F3N2O6S+. The number of aromatic nitrogens is 1. The standard InChI is InChI=1S/C19H22F3N2O6S/c1-27-15-4-2-13(3-5-15)17-10-23-18(29-17)14-6-8-24(9-7-14,11-16-12-28-16)30-31(25,26)19(20,21)22/h2-5,10,14,16H,6-9,11-12H2,1H3/q+1. The van der Waals surface area contributed by atoms with Crippen molar-refractivity contribution in [3.8, 4) is 17.1 Å². The average molecular weight is 463 g/mol. The molecule has 2 saturated heterocycles. The predicted molar refractivity (Wildman–Crippen MR) is 101 cm³/mol. The molecular weight excluding hydrogens is 441 g/mol. The minimum absolute atomic E-state index is 0.0463. The average Bonchev–Trinajstić information content (AvgIpc) is 3.38. The van der Waals surface area contributed by atoms with Gasteiger partial charge in [-0.05, 0) is 24.3 Å². The van der Waals surface area contributed by atoms with Crippen LogP contribution >= 0.6 is 0 Å². The molecule has 8 nitrogen and oxygen atoms in total. The Balaban J connectivity index is 1.46. The second-order valence-electron chi connectivity index (χ2n) is 7.68. The number of quaternary nitrogens is 1. The van der Waals surface area contributed by atoms with Crippen molar-refractivity contribution in [3.63, 3.8) is 0 Å². The van der Waals surface area contributed by atoms with Crippen LogP contribution < -0.4 is 4.74 Å². The van der Waals surface area contributed by atoms with Crippen molar-refractivity contribution in [1.82, 2.24) is 4.98 Å². The van der Waals surface area contributed by atoms with Crippen LogP contribution in [0.5, 0.6) is 5.75 Å². The van der Waals surface area contributed by atoms with Crippen LogP contribution in [0.2, 0.25) is 0 Å². The lowest BCUT2D eigenvalue weighted by molar-refractivity contribution is -1.08. The number of hydrogen-bond donors (Lipinski definition) is 0. The largest absolute Gasteiger partial charge is 0.528 e. The second kappa shape index (κ2) is 8.08. The van der Waals surface area contributed by atoms with Crippen molar-refractivity contribution in [2.24, 2.45) is 0 Å². The van der Waals surface area contributed by atoms with Crippen LogP contribution in [-0.4, -0.2) is 63.0 Å². The van der Waals surface area contributed by atoms with Crippen LogP contribution in [0.25, 0.3) is 11.3 Å². The van der Waals surface area contributed by atoms with E-state index in [1.807, 2.05) is 12.1 Å². The minimum Gasteiger partial charge on any atom is -0.497 e.